The third-order valence-corrected chi connectivity index (χ3v) is 1.63. The Morgan fingerprint density at radius 1 is 1.56 bits per heavy atom. The van der Waals surface area contributed by atoms with Crippen molar-refractivity contribution in [3.8, 4) is 0 Å². The first-order chi connectivity index (χ1) is 7.44. The minimum absolute atomic E-state index is 0.312. The van der Waals surface area contributed by atoms with Crippen LogP contribution in [0.5, 0.6) is 0 Å². The summed E-state index contributed by atoms with van der Waals surface area (Å²) in [5.41, 5.74) is -0.297. The van der Waals surface area contributed by atoms with Crippen molar-refractivity contribution < 1.29 is 9.53 Å². The minimum atomic E-state index is -1.03. The number of hydrogen-bond donors (Lipinski definition) is 0. The average Bonchev–Trinajstić information content (AvgIpc) is 2.17. The van der Waals surface area contributed by atoms with E-state index in [-0.39, 0.29) is 0 Å². The van der Waals surface area contributed by atoms with Crippen LogP contribution in [0.3, 0.4) is 0 Å². The lowest BCUT2D eigenvalue weighted by molar-refractivity contribution is -0.155. The highest BCUT2D eigenvalue weighted by atomic mass is 16.6. The summed E-state index contributed by atoms with van der Waals surface area (Å²) in [6.45, 7) is 12.2. The molecule has 1 aromatic heterocycles. The van der Waals surface area contributed by atoms with Crippen molar-refractivity contribution in [3.05, 3.63) is 35.4 Å². The fourth-order valence-corrected chi connectivity index (χ4v) is 1.06. The van der Waals surface area contributed by atoms with Gasteiger partial charge in [0, 0.05) is 6.20 Å². The molecule has 0 spiro atoms. The van der Waals surface area contributed by atoms with Crippen molar-refractivity contribution in [2.24, 2.45) is 0 Å². The van der Waals surface area contributed by atoms with Crippen molar-refractivity contribution in [1.82, 2.24) is 10.2 Å². The lowest BCUT2D eigenvalue weighted by Gasteiger charge is -2.19. The van der Waals surface area contributed by atoms with Gasteiger partial charge in [0.05, 0.1) is 0 Å². The SMILES string of the molecule is [C-]#[N+]C(C(=O)OC(C)(C)C)c1cccnn1. The van der Waals surface area contributed by atoms with Crippen molar-refractivity contribution in [2.45, 2.75) is 32.4 Å². The van der Waals surface area contributed by atoms with Crippen LogP contribution in [0.15, 0.2) is 18.3 Å². The number of rotatable bonds is 2. The Kier molecular flexibility index (Phi) is 3.56. The van der Waals surface area contributed by atoms with Gasteiger partial charge in [-0.2, -0.15) is 5.10 Å². The van der Waals surface area contributed by atoms with E-state index in [1.807, 2.05) is 0 Å². The van der Waals surface area contributed by atoms with E-state index in [0.29, 0.717) is 5.69 Å². The number of ether oxygens (including phenoxy) is 1. The molecule has 1 unspecified atom stereocenters. The van der Waals surface area contributed by atoms with Gasteiger partial charge in [-0.15, -0.1) is 5.10 Å². The summed E-state index contributed by atoms with van der Waals surface area (Å²) in [4.78, 5) is 14.9. The topological polar surface area (TPSA) is 56.4 Å². The van der Waals surface area contributed by atoms with E-state index < -0.39 is 17.6 Å². The molecule has 1 aromatic rings. The number of nitrogens with zero attached hydrogens (tertiary/aromatic N) is 3. The summed E-state index contributed by atoms with van der Waals surface area (Å²) in [6.07, 6.45) is 1.49. The molecule has 5 heteroatoms. The van der Waals surface area contributed by atoms with Gasteiger partial charge in [-0.05, 0) is 32.9 Å². The molecule has 0 aliphatic carbocycles. The molecule has 0 saturated carbocycles. The third kappa shape index (κ3) is 3.31. The van der Waals surface area contributed by atoms with Gasteiger partial charge in [0.2, 0.25) is 0 Å². The summed E-state index contributed by atoms with van der Waals surface area (Å²) >= 11 is 0. The van der Waals surface area contributed by atoms with Gasteiger partial charge in [0.15, 0.2) is 5.69 Å². The quantitative estimate of drug-likeness (QED) is 0.562. The standard InChI is InChI=1S/C11H13N3O2/c1-11(2,3)16-10(15)9(12-4)8-6-5-7-13-14-8/h5-7,9H,1-3H3. The number of carbonyl (C=O) groups is 1. The third-order valence-electron chi connectivity index (χ3n) is 1.63. The molecule has 1 atom stereocenters. The summed E-state index contributed by atoms with van der Waals surface area (Å²) in [6, 6.07) is 2.18. The Bertz CT molecular complexity index is 403. The summed E-state index contributed by atoms with van der Waals surface area (Å²) in [5.74, 6) is -0.594. The second kappa shape index (κ2) is 4.71. The van der Waals surface area contributed by atoms with Crippen LogP contribution in [-0.4, -0.2) is 21.8 Å². The summed E-state index contributed by atoms with van der Waals surface area (Å²) in [7, 11) is 0. The van der Waals surface area contributed by atoms with Crippen LogP contribution in [0.4, 0.5) is 0 Å². The number of hydrogen-bond acceptors (Lipinski definition) is 4. The van der Waals surface area contributed by atoms with Crippen molar-refractivity contribution in [1.29, 1.82) is 0 Å². The fraction of sp³-hybridized carbons (Fsp3) is 0.455. The highest BCUT2D eigenvalue weighted by molar-refractivity contribution is 5.79. The summed E-state index contributed by atoms with van der Waals surface area (Å²) < 4.78 is 5.12. The fourth-order valence-electron chi connectivity index (χ4n) is 1.06. The Hall–Kier alpha value is -1.96. The van der Waals surface area contributed by atoms with E-state index in [2.05, 4.69) is 15.0 Å². The smallest absolute Gasteiger partial charge is 0.397 e. The highest BCUT2D eigenvalue weighted by Crippen LogP contribution is 2.19. The van der Waals surface area contributed by atoms with Crippen LogP contribution in [0.1, 0.15) is 32.5 Å². The zero-order valence-electron chi connectivity index (χ0n) is 9.47. The van der Waals surface area contributed by atoms with Crippen LogP contribution in [-0.2, 0) is 9.53 Å². The normalized spacial score (nSPS) is 12.6. The Morgan fingerprint density at radius 3 is 2.69 bits per heavy atom. The average molecular weight is 219 g/mol. The Balaban J connectivity index is 2.85. The van der Waals surface area contributed by atoms with E-state index in [1.165, 1.54) is 6.20 Å². The first-order valence-corrected chi connectivity index (χ1v) is 4.81. The molecule has 16 heavy (non-hydrogen) atoms. The van der Waals surface area contributed by atoms with Gasteiger partial charge in [-0.1, -0.05) is 0 Å². The summed E-state index contributed by atoms with van der Waals surface area (Å²) in [5, 5.41) is 7.37. The molecule has 1 heterocycles. The molecule has 84 valence electrons. The molecule has 1 rings (SSSR count). The maximum Gasteiger partial charge on any atom is 0.397 e. The Morgan fingerprint density at radius 2 is 2.25 bits per heavy atom. The van der Waals surface area contributed by atoms with Crippen molar-refractivity contribution in [2.75, 3.05) is 0 Å². The minimum Gasteiger partial charge on any atom is -0.454 e. The van der Waals surface area contributed by atoms with E-state index in [4.69, 9.17) is 11.3 Å². The predicted octanol–water partition coefficient (Wildman–Crippen LogP) is 1.78. The second-order valence-electron chi connectivity index (χ2n) is 4.21. The first-order valence-electron chi connectivity index (χ1n) is 4.81. The molecular weight excluding hydrogens is 206 g/mol. The zero-order chi connectivity index (χ0) is 12.2. The number of esters is 1. The monoisotopic (exact) mass is 219 g/mol. The molecule has 0 bridgehead atoms. The molecule has 0 aromatic carbocycles. The first kappa shape index (κ1) is 12.1. The molecule has 0 radical (unpaired) electrons. The van der Waals surface area contributed by atoms with Crippen LogP contribution in [0, 0.1) is 6.57 Å². The zero-order valence-corrected chi connectivity index (χ0v) is 9.47. The lowest BCUT2D eigenvalue weighted by atomic mass is 10.1. The molecular formula is C11H13N3O2. The van der Waals surface area contributed by atoms with Gasteiger partial charge in [-0.3, -0.25) is 4.85 Å². The van der Waals surface area contributed by atoms with E-state index >= 15 is 0 Å². The molecule has 0 fully saturated rings. The van der Waals surface area contributed by atoms with E-state index in [1.54, 1.807) is 32.9 Å². The predicted molar refractivity (Wildman–Crippen MR) is 57.2 cm³/mol. The van der Waals surface area contributed by atoms with Crippen LogP contribution in [0.25, 0.3) is 4.85 Å². The molecule has 0 aliphatic heterocycles. The van der Waals surface area contributed by atoms with Crippen LogP contribution < -0.4 is 0 Å². The molecule has 0 N–H and O–H groups in total. The van der Waals surface area contributed by atoms with Gasteiger partial charge in [0.1, 0.15) is 5.60 Å². The molecule has 0 aliphatic rings. The van der Waals surface area contributed by atoms with E-state index in [9.17, 15) is 4.79 Å². The van der Waals surface area contributed by atoms with Gasteiger partial charge in [-0.25, -0.2) is 11.4 Å². The van der Waals surface area contributed by atoms with Crippen molar-refractivity contribution in [3.63, 3.8) is 0 Å². The highest BCUT2D eigenvalue weighted by Gasteiger charge is 2.32. The van der Waals surface area contributed by atoms with Crippen LogP contribution >= 0.6 is 0 Å². The van der Waals surface area contributed by atoms with Crippen LogP contribution in [0.2, 0.25) is 0 Å². The number of carbonyl (C=O) groups excluding carboxylic acids is 1. The van der Waals surface area contributed by atoms with Crippen molar-refractivity contribution >= 4 is 5.97 Å². The van der Waals surface area contributed by atoms with Gasteiger partial charge < -0.3 is 4.74 Å². The molecule has 0 saturated heterocycles. The maximum atomic E-state index is 11.7. The Labute approximate surface area is 94.3 Å². The number of aromatic nitrogens is 2. The van der Waals surface area contributed by atoms with Gasteiger partial charge >= 0.3 is 12.0 Å². The second-order valence-corrected chi connectivity index (χ2v) is 4.21. The van der Waals surface area contributed by atoms with Gasteiger partial charge in [0.25, 0.3) is 0 Å². The molecule has 0 amide bonds. The lowest BCUT2D eigenvalue weighted by Crippen LogP contribution is -2.27. The maximum absolute atomic E-state index is 11.7. The van der Waals surface area contributed by atoms with E-state index in [0.717, 1.165) is 0 Å². The molecule has 5 nitrogen and oxygen atoms in total. The largest absolute Gasteiger partial charge is 0.454 e.